The van der Waals surface area contributed by atoms with E-state index < -0.39 is 0 Å². The van der Waals surface area contributed by atoms with Gasteiger partial charge >= 0.3 is 0 Å². The third-order valence-electron chi connectivity index (χ3n) is 4.16. The van der Waals surface area contributed by atoms with Crippen molar-refractivity contribution in [2.24, 2.45) is 0 Å². The molecule has 0 radical (unpaired) electrons. The number of aromatic nitrogens is 1. The minimum Gasteiger partial charge on any atom is -0.288 e. The zero-order valence-electron chi connectivity index (χ0n) is 12.4. The molecule has 4 nitrogen and oxygen atoms in total. The lowest BCUT2D eigenvalue weighted by Crippen LogP contribution is -2.01. The van der Waals surface area contributed by atoms with Crippen LogP contribution in [0.1, 0.15) is 27.0 Å². The number of benzene rings is 2. The van der Waals surface area contributed by atoms with Crippen LogP contribution in [-0.2, 0) is 0 Å². The van der Waals surface area contributed by atoms with E-state index in [1.54, 1.807) is 30.3 Å². The molecule has 0 fully saturated rings. The van der Waals surface area contributed by atoms with Gasteiger partial charge in [0.05, 0.1) is 28.5 Å². The Morgan fingerprint density at radius 2 is 1.54 bits per heavy atom. The standard InChI is InChI=1S/C20H9N3O/c21-9-12-5-7-13(8-6-12)17-14(10-22)11-23-19-15-3-1-2-4-16(15)20(24)18(17)19/h1-8,11H. The van der Waals surface area contributed by atoms with E-state index in [0.29, 0.717) is 33.5 Å². The van der Waals surface area contributed by atoms with Gasteiger partial charge in [-0.05, 0) is 17.7 Å². The first-order valence-electron chi connectivity index (χ1n) is 7.32. The second-order valence-electron chi connectivity index (χ2n) is 5.45. The number of rotatable bonds is 1. The topological polar surface area (TPSA) is 77.5 Å². The Balaban J connectivity index is 2.04. The third kappa shape index (κ3) is 1.84. The zero-order chi connectivity index (χ0) is 16.7. The van der Waals surface area contributed by atoms with E-state index in [1.165, 1.54) is 6.20 Å². The third-order valence-corrected chi connectivity index (χ3v) is 4.16. The summed E-state index contributed by atoms with van der Waals surface area (Å²) in [5.41, 5.74) is 4.63. The van der Waals surface area contributed by atoms with Crippen molar-refractivity contribution in [1.29, 1.82) is 10.5 Å². The van der Waals surface area contributed by atoms with Gasteiger partial charge in [0.15, 0.2) is 5.78 Å². The summed E-state index contributed by atoms with van der Waals surface area (Å²) in [6.45, 7) is 0. The number of carbonyl (C=O) groups excluding carboxylic acids is 1. The molecule has 4 rings (SSSR count). The van der Waals surface area contributed by atoms with Crippen molar-refractivity contribution in [2.75, 3.05) is 0 Å². The van der Waals surface area contributed by atoms with E-state index in [2.05, 4.69) is 17.1 Å². The average molecular weight is 307 g/mol. The van der Waals surface area contributed by atoms with E-state index in [0.717, 1.165) is 11.1 Å². The smallest absolute Gasteiger partial charge is 0.196 e. The SMILES string of the molecule is N#Cc1ccc(-c2c(C#N)cnc3c2C(=O)c2ccccc2-3)cc1. The van der Waals surface area contributed by atoms with Crippen LogP contribution in [-0.4, -0.2) is 10.8 Å². The first-order valence-corrected chi connectivity index (χ1v) is 7.32. The lowest BCUT2D eigenvalue weighted by molar-refractivity contribution is 0.104. The van der Waals surface area contributed by atoms with E-state index in [-0.39, 0.29) is 5.78 Å². The van der Waals surface area contributed by atoms with Crippen LogP contribution < -0.4 is 0 Å². The molecule has 0 saturated carbocycles. The Bertz CT molecular complexity index is 1080. The quantitative estimate of drug-likeness (QED) is 0.537. The summed E-state index contributed by atoms with van der Waals surface area (Å²) in [6, 6.07) is 18.4. The molecular formula is C20H9N3O. The molecule has 4 heteroatoms. The van der Waals surface area contributed by atoms with Gasteiger partial charge in [-0.2, -0.15) is 10.5 Å². The van der Waals surface area contributed by atoms with Gasteiger partial charge in [0.2, 0.25) is 0 Å². The molecule has 0 N–H and O–H groups in total. The lowest BCUT2D eigenvalue weighted by atomic mass is 9.94. The van der Waals surface area contributed by atoms with Crippen LogP contribution in [0.3, 0.4) is 0 Å². The normalized spacial score (nSPS) is 11.3. The maximum absolute atomic E-state index is 12.9. The van der Waals surface area contributed by atoms with Crippen LogP contribution in [0.2, 0.25) is 0 Å². The van der Waals surface area contributed by atoms with Gasteiger partial charge in [0.25, 0.3) is 0 Å². The molecule has 24 heavy (non-hydrogen) atoms. The van der Waals surface area contributed by atoms with E-state index in [1.807, 2.05) is 18.2 Å². The maximum Gasteiger partial charge on any atom is 0.196 e. The number of nitrogens with zero attached hydrogens (tertiary/aromatic N) is 3. The second kappa shape index (κ2) is 5.15. The van der Waals surface area contributed by atoms with Crippen molar-refractivity contribution in [2.45, 2.75) is 0 Å². The summed E-state index contributed by atoms with van der Waals surface area (Å²) in [4.78, 5) is 17.2. The Morgan fingerprint density at radius 3 is 2.21 bits per heavy atom. The number of nitriles is 2. The van der Waals surface area contributed by atoms with Crippen LogP contribution in [0, 0.1) is 22.7 Å². The number of hydrogen-bond donors (Lipinski definition) is 0. The molecule has 0 amide bonds. The van der Waals surface area contributed by atoms with Crippen LogP contribution in [0.25, 0.3) is 22.4 Å². The lowest BCUT2D eigenvalue weighted by Gasteiger charge is -2.09. The van der Waals surface area contributed by atoms with Crippen molar-refractivity contribution in [3.05, 3.63) is 77.0 Å². The van der Waals surface area contributed by atoms with Gasteiger partial charge in [-0.1, -0.05) is 36.4 Å². The molecule has 0 aliphatic heterocycles. The Hall–Kier alpha value is -3.76. The van der Waals surface area contributed by atoms with Gasteiger partial charge in [-0.3, -0.25) is 9.78 Å². The largest absolute Gasteiger partial charge is 0.288 e. The predicted octanol–water partition coefficient (Wildman–Crippen LogP) is 3.70. The van der Waals surface area contributed by atoms with Crippen LogP contribution in [0.5, 0.6) is 0 Å². The molecule has 0 spiro atoms. The fraction of sp³-hybridized carbons (Fsp3) is 0. The molecule has 0 unspecified atom stereocenters. The minimum atomic E-state index is -0.121. The number of hydrogen-bond acceptors (Lipinski definition) is 4. The average Bonchev–Trinajstić information content (AvgIpc) is 2.94. The van der Waals surface area contributed by atoms with Gasteiger partial charge in [0, 0.05) is 22.9 Å². The summed E-state index contributed by atoms with van der Waals surface area (Å²) < 4.78 is 0. The van der Waals surface area contributed by atoms with E-state index in [4.69, 9.17) is 5.26 Å². The summed E-state index contributed by atoms with van der Waals surface area (Å²) in [5.74, 6) is -0.121. The van der Waals surface area contributed by atoms with Gasteiger partial charge in [0.1, 0.15) is 6.07 Å². The van der Waals surface area contributed by atoms with Crippen molar-refractivity contribution in [1.82, 2.24) is 4.98 Å². The van der Waals surface area contributed by atoms with Crippen molar-refractivity contribution in [3.63, 3.8) is 0 Å². The minimum absolute atomic E-state index is 0.121. The highest BCUT2D eigenvalue weighted by Gasteiger charge is 2.32. The first-order chi connectivity index (χ1) is 11.7. The molecule has 110 valence electrons. The Morgan fingerprint density at radius 1 is 0.833 bits per heavy atom. The molecular weight excluding hydrogens is 298 g/mol. The summed E-state index contributed by atoms with van der Waals surface area (Å²) in [7, 11) is 0. The Kier molecular flexibility index (Phi) is 2.98. The fourth-order valence-electron chi connectivity index (χ4n) is 3.05. The number of fused-ring (bicyclic) bond motifs is 3. The molecule has 0 bridgehead atoms. The zero-order valence-corrected chi connectivity index (χ0v) is 12.4. The first kappa shape index (κ1) is 13.9. The van der Waals surface area contributed by atoms with Gasteiger partial charge in [-0.15, -0.1) is 0 Å². The predicted molar refractivity (Wildman–Crippen MR) is 88.0 cm³/mol. The monoisotopic (exact) mass is 307 g/mol. The molecule has 1 heterocycles. The number of carbonyl (C=O) groups is 1. The van der Waals surface area contributed by atoms with Gasteiger partial charge in [-0.25, -0.2) is 0 Å². The molecule has 1 aliphatic rings. The molecule has 0 atom stereocenters. The molecule has 1 aliphatic carbocycles. The highest BCUT2D eigenvalue weighted by molar-refractivity contribution is 6.24. The molecule has 0 saturated heterocycles. The second-order valence-corrected chi connectivity index (χ2v) is 5.45. The van der Waals surface area contributed by atoms with E-state index in [9.17, 15) is 10.1 Å². The fourth-order valence-corrected chi connectivity index (χ4v) is 3.05. The highest BCUT2D eigenvalue weighted by Crippen LogP contribution is 2.41. The van der Waals surface area contributed by atoms with Crippen LogP contribution >= 0.6 is 0 Å². The van der Waals surface area contributed by atoms with Crippen LogP contribution in [0.4, 0.5) is 0 Å². The van der Waals surface area contributed by atoms with E-state index >= 15 is 0 Å². The highest BCUT2D eigenvalue weighted by atomic mass is 16.1. The number of pyridine rings is 1. The summed E-state index contributed by atoms with van der Waals surface area (Å²) >= 11 is 0. The van der Waals surface area contributed by atoms with Crippen molar-refractivity contribution < 1.29 is 4.79 Å². The van der Waals surface area contributed by atoms with Crippen molar-refractivity contribution >= 4 is 5.78 Å². The van der Waals surface area contributed by atoms with Crippen molar-refractivity contribution in [3.8, 4) is 34.5 Å². The van der Waals surface area contributed by atoms with Gasteiger partial charge < -0.3 is 0 Å². The summed E-state index contributed by atoms with van der Waals surface area (Å²) in [5, 5.41) is 18.4. The molecule has 1 aromatic heterocycles. The molecule has 2 aromatic carbocycles. The summed E-state index contributed by atoms with van der Waals surface area (Å²) in [6.07, 6.45) is 1.50. The number of ketones is 1. The Labute approximate surface area is 138 Å². The van der Waals surface area contributed by atoms with Crippen LogP contribution in [0.15, 0.2) is 54.7 Å². The maximum atomic E-state index is 12.9. The molecule has 3 aromatic rings.